The summed E-state index contributed by atoms with van der Waals surface area (Å²) >= 11 is 14.1. The van der Waals surface area contributed by atoms with Crippen molar-refractivity contribution in [1.29, 1.82) is 0 Å². The molecule has 0 fully saturated rings. The van der Waals surface area contributed by atoms with Gasteiger partial charge in [0.1, 0.15) is 0 Å². The quantitative estimate of drug-likeness (QED) is 0.325. The molecule has 3 aromatic rings. The van der Waals surface area contributed by atoms with Crippen LogP contribution in [0.25, 0.3) is 11.3 Å². The highest BCUT2D eigenvalue weighted by atomic mass is 35.5. The Balaban J connectivity index is 2.00. The second-order valence-electron chi connectivity index (χ2n) is 7.20. The van der Waals surface area contributed by atoms with Crippen LogP contribution in [0.2, 0.25) is 10.0 Å². The summed E-state index contributed by atoms with van der Waals surface area (Å²) in [5.74, 6) is 0.641. The van der Waals surface area contributed by atoms with Gasteiger partial charge in [-0.05, 0) is 41.4 Å². The molecule has 1 amide bonds. The number of anilines is 1. The number of benzene rings is 2. The first kappa shape index (κ1) is 21.9. The van der Waals surface area contributed by atoms with Crippen LogP contribution < -0.4 is 15.1 Å². The molecule has 0 saturated heterocycles. The maximum Gasteiger partial charge on any atom is 0.325 e. The van der Waals surface area contributed by atoms with Crippen LogP contribution in [-0.2, 0) is 4.79 Å². The number of carbonyl (C=O) groups excluding carboxylic acids is 1. The predicted molar refractivity (Wildman–Crippen MR) is 124 cm³/mol. The summed E-state index contributed by atoms with van der Waals surface area (Å²) in [5.41, 5.74) is 2.01. The lowest BCUT2D eigenvalue weighted by Gasteiger charge is -2.31. The van der Waals surface area contributed by atoms with E-state index in [0.29, 0.717) is 37.7 Å². The zero-order valence-corrected chi connectivity index (χ0v) is 19.4. The minimum absolute atomic E-state index is 0.191. The molecule has 0 bridgehead atoms. The predicted octanol–water partition coefficient (Wildman–Crippen LogP) is 4.84. The lowest BCUT2D eigenvalue weighted by molar-refractivity contribution is -0.763. The Morgan fingerprint density at radius 1 is 1.26 bits per heavy atom. The van der Waals surface area contributed by atoms with Crippen molar-refractivity contribution in [2.75, 3.05) is 10.7 Å². The molecule has 1 N–H and O–H groups in total. The maximum absolute atomic E-state index is 13.2. The molecular formula is C22H21Cl2N4O2S+. The van der Waals surface area contributed by atoms with Crippen molar-refractivity contribution in [3.05, 3.63) is 68.4 Å². The monoisotopic (exact) mass is 475 g/mol. The number of para-hydroxylation sites is 1. The van der Waals surface area contributed by atoms with Crippen molar-refractivity contribution in [3.63, 3.8) is 0 Å². The Bertz CT molecular complexity index is 1210. The van der Waals surface area contributed by atoms with Crippen LogP contribution in [0, 0.1) is 0 Å². The molecule has 0 aliphatic carbocycles. The first-order valence-corrected chi connectivity index (χ1v) is 11.7. The van der Waals surface area contributed by atoms with Crippen molar-refractivity contribution in [2.24, 2.45) is 0 Å². The van der Waals surface area contributed by atoms with E-state index in [2.05, 4.69) is 11.9 Å². The van der Waals surface area contributed by atoms with Crippen molar-refractivity contribution < 1.29 is 9.48 Å². The third-order valence-electron chi connectivity index (χ3n) is 5.07. The van der Waals surface area contributed by atoms with Crippen LogP contribution in [0.1, 0.15) is 38.4 Å². The number of aromatic amines is 1. The van der Waals surface area contributed by atoms with Crippen LogP contribution in [0.4, 0.5) is 5.69 Å². The number of aromatic nitrogens is 3. The lowest BCUT2D eigenvalue weighted by Crippen LogP contribution is -2.60. The van der Waals surface area contributed by atoms with E-state index in [1.165, 1.54) is 18.7 Å². The second-order valence-corrected chi connectivity index (χ2v) is 9.13. The number of nitrogens with zero attached hydrogens (tertiary/aromatic N) is 3. The highest BCUT2D eigenvalue weighted by molar-refractivity contribution is 7.99. The maximum atomic E-state index is 13.2. The van der Waals surface area contributed by atoms with Gasteiger partial charge >= 0.3 is 11.3 Å². The largest absolute Gasteiger partial charge is 0.325 e. The third kappa shape index (κ3) is 4.10. The smallest absolute Gasteiger partial charge is 0.291 e. The molecule has 160 valence electrons. The van der Waals surface area contributed by atoms with Gasteiger partial charge in [0.15, 0.2) is 0 Å². The van der Waals surface area contributed by atoms with Gasteiger partial charge in [-0.2, -0.15) is 0 Å². The molecule has 1 aromatic heterocycles. The summed E-state index contributed by atoms with van der Waals surface area (Å²) in [6.07, 6.45) is 1.33. The number of fused-ring (bicyclic) bond motifs is 3. The summed E-state index contributed by atoms with van der Waals surface area (Å²) < 4.78 is 1.60. The highest BCUT2D eigenvalue weighted by Crippen LogP contribution is 2.39. The number of nitrogens with one attached hydrogen (secondary N) is 1. The summed E-state index contributed by atoms with van der Waals surface area (Å²) in [7, 11) is 0. The normalized spacial score (nSPS) is 14.8. The minimum Gasteiger partial charge on any atom is -0.291 e. The van der Waals surface area contributed by atoms with Gasteiger partial charge in [0.05, 0.1) is 21.8 Å². The molecule has 1 atom stereocenters. The Hall–Kier alpha value is -2.35. The fourth-order valence-corrected chi connectivity index (χ4v) is 5.13. The zero-order chi connectivity index (χ0) is 22.1. The van der Waals surface area contributed by atoms with Crippen LogP contribution in [0.5, 0.6) is 0 Å². The van der Waals surface area contributed by atoms with E-state index in [1.54, 1.807) is 27.8 Å². The third-order valence-corrected chi connectivity index (χ3v) is 6.59. The van der Waals surface area contributed by atoms with E-state index in [-0.39, 0.29) is 11.5 Å². The number of halogens is 2. The number of H-pyrrole nitrogens is 1. The van der Waals surface area contributed by atoms with E-state index >= 15 is 0 Å². The number of carbonyl (C=O) groups is 1. The van der Waals surface area contributed by atoms with Gasteiger partial charge in [0.2, 0.25) is 11.1 Å². The Labute approximate surface area is 194 Å². The summed E-state index contributed by atoms with van der Waals surface area (Å²) in [6, 6.07) is 12.4. The number of amides is 1. The molecular weight excluding hydrogens is 455 g/mol. The van der Waals surface area contributed by atoms with Crippen LogP contribution in [0.15, 0.2) is 52.4 Å². The molecule has 31 heavy (non-hydrogen) atoms. The van der Waals surface area contributed by atoms with Crippen LogP contribution in [0.3, 0.4) is 0 Å². The Morgan fingerprint density at radius 3 is 2.74 bits per heavy atom. The number of hydrogen-bond acceptors (Lipinski definition) is 4. The molecule has 2 aromatic carbocycles. The first-order chi connectivity index (χ1) is 14.9. The lowest BCUT2D eigenvalue weighted by atomic mass is 10.0. The molecule has 4 rings (SSSR count). The van der Waals surface area contributed by atoms with Gasteiger partial charge in [-0.25, -0.2) is 4.90 Å². The topological polar surface area (TPSA) is 69.9 Å². The SMILES string of the molecule is CCCCSc1n[n+]2c(c(=O)[nH]1)-c1ccccc1N(C(C)=O)[C@@H]2c1ccc(Cl)cc1Cl. The van der Waals surface area contributed by atoms with Gasteiger partial charge in [-0.15, -0.1) is 0 Å². The molecule has 2 heterocycles. The minimum atomic E-state index is -0.722. The van der Waals surface area contributed by atoms with Crippen molar-refractivity contribution >= 4 is 46.6 Å². The van der Waals surface area contributed by atoms with Crippen LogP contribution >= 0.6 is 35.0 Å². The molecule has 6 nitrogen and oxygen atoms in total. The highest BCUT2D eigenvalue weighted by Gasteiger charge is 2.45. The molecule has 9 heteroatoms. The number of hydrogen-bond donors (Lipinski definition) is 1. The average Bonchev–Trinajstić information content (AvgIpc) is 2.73. The average molecular weight is 476 g/mol. The fraction of sp³-hybridized carbons (Fsp3) is 0.273. The molecule has 1 aliphatic heterocycles. The van der Waals surface area contributed by atoms with E-state index < -0.39 is 6.17 Å². The summed E-state index contributed by atoms with van der Waals surface area (Å²) in [5, 5.41) is 6.12. The van der Waals surface area contributed by atoms with Gasteiger partial charge in [-0.3, -0.25) is 14.6 Å². The Kier molecular flexibility index (Phi) is 6.36. The first-order valence-electron chi connectivity index (χ1n) is 9.95. The van der Waals surface area contributed by atoms with E-state index in [4.69, 9.17) is 28.3 Å². The molecule has 0 saturated carbocycles. The van der Waals surface area contributed by atoms with E-state index in [0.717, 1.165) is 18.6 Å². The van der Waals surface area contributed by atoms with Crippen LogP contribution in [-0.4, -0.2) is 21.7 Å². The zero-order valence-electron chi connectivity index (χ0n) is 17.1. The molecule has 0 radical (unpaired) electrons. The second kappa shape index (κ2) is 9.02. The van der Waals surface area contributed by atoms with Crippen molar-refractivity contribution in [2.45, 2.75) is 38.0 Å². The van der Waals surface area contributed by atoms with Crippen molar-refractivity contribution in [1.82, 2.24) is 10.1 Å². The molecule has 1 aliphatic rings. The fourth-order valence-electron chi connectivity index (χ4n) is 3.68. The van der Waals surface area contributed by atoms with Gasteiger partial charge in [0, 0.05) is 22.8 Å². The summed E-state index contributed by atoms with van der Waals surface area (Å²) in [4.78, 5) is 30.5. The molecule has 0 unspecified atom stereocenters. The number of rotatable bonds is 5. The van der Waals surface area contributed by atoms with Crippen molar-refractivity contribution in [3.8, 4) is 11.3 Å². The van der Waals surface area contributed by atoms with E-state index in [9.17, 15) is 9.59 Å². The van der Waals surface area contributed by atoms with E-state index in [1.807, 2.05) is 24.3 Å². The number of unbranched alkanes of at least 4 members (excludes halogenated alkanes) is 1. The standard InChI is InChI=1S/C22H20Cl2N4O2S/c1-3-4-11-31-22-25-20(30)19-16-7-5-6-8-18(16)27(13(2)29)21(28(19)26-22)15-10-9-14(23)12-17(15)24/h5-10,12,21H,3-4,11H2,1-2H3/p+1/t21-/m0/s1. The van der Waals surface area contributed by atoms with Gasteiger partial charge < -0.3 is 0 Å². The van der Waals surface area contributed by atoms with Gasteiger partial charge in [-0.1, -0.05) is 60.4 Å². The molecule has 0 spiro atoms. The van der Waals surface area contributed by atoms with Gasteiger partial charge in [0.25, 0.3) is 6.17 Å². The number of thioether (sulfide) groups is 1. The Morgan fingerprint density at radius 2 is 2.03 bits per heavy atom. The summed E-state index contributed by atoms with van der Waals surface area (Å²) in [6.45, 7) is 3.60.